The van der Waals surface area contributed by atoms with Gasteiger partial charge in [-0.05, 0) is 42.9 Å². The highest BCUT2D eigenvalue weighted by Crippen LogP contribution is 2.27. The van der Waals surface area contributed by atoms with Gasteiger partial charge in [-0.1, -0.05) is 37.3 Å². The van der Waals surface area contributed by atoms with Crippen LogP contribution < -0.4 is 0 Å². The third kappa shape index (κ3) is 4.56. The van der Waals surface area contributed by atoms with Crippen molar-refractivity contribution in [1.29, 1.82) is 0 Å². The Morgan fingerprint density at radius 3 is 2.69 bits per heavy atom. The quantitative estimate of drug-likeness (QED) is 0.847. The number of hydrogen-bond acceptors (Lipinski definition) is 5. The number of ketones is 1. The van der Waals surface area contributed by atoms with Crippen molar-refractivity contribution < 1.29 is 9.90 Å². The number of aliphatic hydroxyl groups is 1. The molecule has 0 amide bonds. The number of aromatic nitrogens is 1. The second-order valence-corrected chi connectivity index (χ2v) is 8.69. The predicted octanol–water partition coefficient (Wildman–Crippen LogP) is 3.49. The summed E-state index contributed by atoms with van der Waals surface area (Å²) in [6, 6.07) is 12.2. The first-order valence-corrected chi connectivity index (χ1v) is 10.5. The van der Waals surface area contributed by atoms with E-state index in [1.54, 1.807) is 0 Å². The molecular formula is C24H29N3O2. The molecule has 1 atom stereocenters. The van der Waals surface area contributed by atoms with Gasteiger partial charge in [0.2, 0.25) is 0 Å². The Hall–Kier alpha value is -2.53. The number of rotatable bonds is 5. The van der Waals surface area contributed by atoms with Gasteiger partial charge in [0.25, 0.3) is 0 Å². The Labute approximate surface area is 172 Å². The Morgan fingerprint density at radius 2 is 1.97 bits per heavy atom. The number of amidine groups is 1. The van der Waals surface area contributed by atoms with E-state index in [9.17, 15) is 9.90 Å². The molecule has 0 saturated carbocycles. The van der Waals surface area contributed by atoms with Gasteiger partial charge in [-0.3, -0.25) is 14.8 Å². The van der Waals surface area contributed by atoms with Crippen LogP contribution in [-0.4, -0.2) is 45.3 Å². The van der Waals surface area contributed by atoms with Crippen LogP contribution in [0.25, 0.3) is 0 Å². The van der Waals surface area contributed by atoms with E-state index < -0.39 is 5.60 Å². The number of piperidine rings is 1. The molecule has 1 fully saturated rings. The molecule has 0 aliphatic carbocycles. The van der Waals surface area contributed by atoms with Crippen molar-refractivity contribution in [3.8, 4) is 0 Å². The molecule has 5 heteroatoms. The smallest absolute Gasteiger partial charge is 0.139 e. The van der Waals surface area contributed by atoms with Crippen molar-refractivity contribution in [2.75, 3.05) is 13.1 Å². The zero-order valence-electron chi connectivity index (χ0n) is 17.3. The van der Waals surface area contributed by atoms with Gasteiger partial charge in [0.15, 0.2) is 0 Å². The van der Waals surface area contributed by atoms with E-state index in [-0.39, 0.29) is 11.7 Å². The van der Waals surface area contributed by atoms with Gasteiger partial charge in [0.05, 0.1) is 12.1 Å². The van der Waals surface area contributed by atoms with Crippen molar-refractivity contribution in [1.82, 2.24) is 9.88 Å². The van der Waals surface area contributed by atoms with Gasteiger partial charge in [-0.15, -0.1) is 0 Å². The van der Waals surface area contributed by atoms with Gasteiger partial charge in [0, 0.05) is 43.4 Å². The molecule has 1 N–H and O–H groups in total. The summed E-state index contributed by atoms with van der Waals surface area (Å²) in [7, 11) is 0. The molecule has 0 unspecified atom stereocenters. The zero-order chi connectivity index (χ0) is 20.4. The maximum Gasteiger partial charge on any atom is 0.139 e. The molecule has 2 aromatic rings. The topological polar surface area (TPSA) is 65.8 Å². The number of likely N-dealkylation sites (tertiary alicyclic amines) is 1. The first-order chi connectivity index (χ1) is 13.9. The van der Waals surface area contributed by atoms with Crippen LogP contribution in [0, 0.1) is 0 Å². The summed E-state index contributed by atoms with van der Waals surface area (Å²) in [4.78, 5) is 24.1. The average molecular weight is 392 g/mol. The van der Waals surface area contributed by atoms with E-state index in [4.69, 9.17) is 4.99 Å². The largest absolute Gasteiger partial charge is 0.390 e. The molecule has 0 bridgehead atoms. The molecule has 1 aromatic carbocycles. The van der Waals surface area contributed by atoms with Gasteiger partial charge in [-0.25, -0.2) is 0 Å². The molecule has 0 radical (unpaired) electrons. The molecule has 2 aliphatic rings. The number of carbonyl (C=O) groups excluding carboxylic acids is 1. The van der Waals surface area contributed by atoms with E-state index in [2.05, 4.69) is 28.9 Å². The van der Waals surface area contributed by atoms with Crippen LogP contribution >= 0.6 is 0 Å². The number of pyridine rings is 1. The van der Waals surface area contributed by atoms with Crippen LogP contribution in [0.2, 0.25) is 0 Å². The molecule has 152 valence electrons. The number of benzene rings is 1. The summed E-state index contributed by atoms with van der Waals surface area (Å²) in [5, 5.41) is 10.2. The predicted molar refractivity (Wildman–Crippen MR) is 114 cm³/mol. The minimum absolute atomic E-state index is 0.212. The Morgan fingerprint density at radius 1 is 1.24 bits per heavy atom. The molecule has 1 aromatic heterocycles. The highest BCUT2D eigenvalue weighted by Gasteiger charge is 2.31. The maximum atomic E-state index is 12.6. The number of aliphatic imine (C=N–C) groups is 1. The Balaban J connectivity index is 1.38. The first-order valence-electron chi connectivity index (χ1n) is 10.5. The molecule has 5 nitrogen and oxygen atoms in total. The fourth-order valence-corrected chi connectivity index (χ4v) is 4.21. The van der Waals surface area contributed by atoms with Gasteiger partial charge in [0.1, 0.15) is 11.6 Å². The van der Waals surface area contributed by atoms with Crippen molar-refractivity contribution >= 4 is 11.6 Å². The lowest BCUT2D eigenvalue weighted by atomic mass is 9.93. The van der Waals surface area contributed by atoms with Crippen molar-refractivity contribution in [3.05, 3.63) is 65.0 Å². The molecule has 3 heterocycles. The molecule has 1 saturated heterocycles. The zero-order valence-corrected chi connectivity index (χ0v) is 17.3. The standard InChI is InChI=1S/C24H29N3O2/c1-17(18-6-4-3-5-7-18)12-21(28)14-20-13-19-15-26-23(22(19)16-25-20)27-10-8-24(2,29)9-11-27/h3-7,13,16-17,29H,8-12,14-15H2,1-2H3/t17-/m0/s1. The number of fused-ring (bicyclic) bond motifs is 1. The van der Waals surface area contributed by atoms with E-state index >= 15 is 0 Å². The van der Waals surface area contributed by atoms with E-state index in [1.165, 1.54) is 5.56 Å². The summed E-state index contributed by atoms with van der Waals surface area (Å²) in [5.41, 5.74) is 3.66. The number of nitrogens with zero attached hydrogens (tertiary/aromatic N) is 3. The van der Waals surface area contributed by atoms with Crippen LogP contribution in [0.4, 0.5) is 0 Å². The first kappa shape index (κ1) is 19.8. The lowest BCUT2D eigenvalue weighted by Gasteiger charge is -2.37. The second-order valence-electron chi connectivity index (χ2n) is 8.69. The van der Waals surface area contributed by atoms with Gasteiger partial charge in [-0.2, -0.15) is 0 Å². The van der Waals surface area contributed by atoms with E-state index in [0.717, 1.165) is 48.6 Å². The summed E-state index contributed by atoms with van der Waals surface area (Å²) >= 11 is 0. The maximum absolute atomic E-state index is 12.6. The average Bonchev–Trinajstić information content (AvgIpc) is 3.12. The summed E-state index contributed by atoms with van der Waals surface area (Å²) in [6.45, 7) is 6.26. The third-order valence-corrected chi connectivity index (χ3v) is 6.11. The monoisotopic (exact) mass is 391 g/mol. The van der Waals surface area contributed by atoms with Crippen LogP contribution in [0.5, 0.6) is 0 Å². The fraction of sp³-hybridized carbons (Fsp3) is 0.458. The van der Waals surface area contributed by atoms with Crippen LogP contribution in [0.1, 0.15) is 61.4 Å². The fourth-order valence-electron chi connectivity index (χ4n) is 4.21. The van der Waals surface area contributed by atoms with Crippen LogP contribution in [0.15, 0.2) is 47.6 Å². The van der Waals surface area contributed by atoms with Crippen LogP contribution in [0.3, 0.4) is 0 Å². The summed E-state index contributed by atoms with van der Waals surface area (Å²) in [6.07, 6.45) is 4.27. The van der Waals surface area contributed by atoms with Gasteiger partial charge < -0.3 is 10.0 Å². The van der Waals surface area contributed by atoms with Gasteiger partial charge >= 0.3 is 0 Å². The van der Waals surface area contributed by atoms with Crippen molar-refractivity contribution in [3.63, 3.8) is 0 Å². The van der Waals surface area contributed by atoms with E-state index in [1.807, 2.05) is 37.4 Å². The number of Topliss-reactive ketones (excluding diaryl/α,β-unsaturated/α-hetero) is 1. The molecule has 0 spiro atoms. The molecular weight excluding hydrogens is 362 g/mol. The van der Waals surface area contributed by atoms with Crippen molar-refractivity contribution in [2.45, 2.75) is 57.6 Å². The Bertz CT molecular complexity index is 911. The van der Waals surface area contributed by atoms with E-state index in [0.29, 0.717) is 19.4 Å². The molecule has 29 heavy (non-hydrogen) atoms. The van der Waals surface area contributed by atoms with Crippen molar-refractivity contribution in [2.24, 2.45) is 4.99 Å². The number of hydrogen-bond donors (Lipinski definition) is 1. The normalized spacial score (nSPS) is 18.9. The third-order valence-electron chi connectivity index (χ3n) is 6.11. The number of carbonyl (C=O) groups is 1. The SMILES string of the molecule is C[C@@H](CC(=O)Cc1cc2c(cn1)C(N1CCC(C)(O)CC1)=NC2)c1ccccc1. The lowest BCUT2D eigenvalue weighted by molar-refractivity contribution is -0.118. The second kappa shape index (κ2) is 8.07. The molecule has 2 aliphatic heterocycles. The minimum atomic E-state index is -0.572. The summed E-state index contributed by atoms with van der Waals surface area (Å²) in [5.74, 6) is 1.41. The highest BCUT2D eigenvalue weighted by atomic mass is 16.3. The summed E-state index contributed by atoms with van der Waals surface area (Å²) < 4.78 is 0. The van der Waals surface area contributed by atoms with Crippen LogP contribution in [-0.2, 0) is 17.8 Å². The minimum Gasteiger partial charge on any atom is -0.390 e. The molecule has 4 rings (SSSR count). The lowest BCUT2D eigenvalue weighted by Crippen LogP contribution is -2.45. The highest BCUT2D eigenvalue weighted by molar-refractivity contribution is 6.01. The Kier molecular flexibility index (Phi) is 5.50.